The Labute approximate surface area is 116 Å². The summed E-state index contributed by atoms with van der Waals surface area (Å²) in [6.07, 6.45) is 1.14. The molecule has 0 heterocycles. The average Bonchev–Trinajstić information content (AvgIpc) is 2.37. The lowest BCUT2D eigenvalue weighted by molar-refractivity contribution is -0.141. The van der Waals surface area contributed by atoms with Gasteiger partial charge in [-0.1, -0.05) is 13.8 Å². The van der Waals surface area contributed by atoms with Crippen LogP contribution < -0.4 is 0 Å². The number of aliphatic hydroxyl groups is 2. The van der Waals surface area contributed by atoms with E-state index in [9.17, 15) is 10.2 Å². The van der Waals surface area contributed by atoms with Gasteiger partial charge in [-0.3, -0.25) is 0 Å². The first-order valence-electron chi connectivity index (χ1n) is 6.94. The van der Waals surface area contributed by atoms with E-state index in [0.29, 0.717) is 12.8 Å². The second-order valence-electron chi connectivity index (χ2n) is 5.44. The molecule has 0 aromatic rings. The van der Waals surface area contributed by atoms with Gasteiger partial charge < -0.3 is 24.4 Å². The molecule has 5 heteroatoms. The summed E-state index contributed by atoms with van der Waals surface area (Å²) in [5.74, 6) is 0. The number of hydrogen-bond donors (Lipinski definition) is 2. The van der Waals surface area contributed by atoms with Gasteiger partial charge in [-0.05, 0) is 26.7 Å². The van der Waals surface area contributed by atoms with E-state index in [2.05, 4.69) is 0 Å². The quantitative estimate of drug-likeness (QED) is 0.597. The molecule has 0 fully saturated rings. The van der Waals surface area contributed by atoms with Gasteiger partial charge in [0.15, 0.2) is 0 Å². The summed E-state index contributed by atoms with van der Waals surface area (Å²) in [6, 6.07) is 0. The van der Waals surface area contributed by atoms with Crippen molar-refractivity contribution in [1.29, 1.82) is 0 Å². The Balaban J connectivity index is 4.19. The van der Waals surface area contributed by atoms with E-state index in [4.69, 9.17) is 14.2 Å². The summed E-state index contributed by atoms with van der Waals surface area (Å²) in [5, 5.41) is 20.5. The van der Waals surface area contributed by atoms with E-state index in [1.54, 1.807) is 7.11 Å². The summed E-state index contributed by atoms with van der Waals surface area (Å²) in [7, 11) is 1.54. The van der Waals surface area contributed by atoms with Crippen LogP contribution in [0, 0.1) is 0 Å². The minimum atomic E-state index is -1.01. The second kappa shape index (κ2) is 8.87. The number of methoxy groups -OCH3 is 1. The highest BCUT2D eigenvalue weighted by atomic mass is 16.5. The molecule has 0 saturated heterocycles. The van der Waals surface area contributed by atoms with Gasteiger partial charge in [0, 0.05) is 7.11 Å². The molecule has 0 radical (unpaired) electrons. The fourth-order valence-electron chi connectivity index (χ4n) is 1.51. The number of hydrogen-bond acceptors (Lipinski definition) is 5. The van der Waals surface area contributed by atoms with Gasteiger partial charge in [0.05, 0.1) is 32.5 Å². The van der Waals surface area contributed by atoms with Gasteiger partial charge in [0.1, 0.15) is 11.2 Å². The van der Waals surface area contributed by atoms with Crippen LogP contribution in [-0.2, 0) is 14.2 Å². The molecule has 0 aliphatic rings. The molecule has 2 unspecified atom stereocenters. The van der Waals surface area contributed by atoms with Crippen molar-refractivity contribution < 1.29 is 24.4 Å². The van der Waals surface area contributed by atoms with E-state index in [-0.39, 0.29) is 32.5 Å². The molecule has 5 nitrogen and oxygen atoms in total. The van der Waals surface area contributed by atoms with E-state index >= 15 is 0 Å². The average molecular weight is 278 g/mol. The number of rotatable bonds is 11. The lowest BCUT2D eigenvalue weighted by Crippen LogP contribution is -2.44. The molecule has 0 aromatic heterocycles. The van der Waals surface area contributed by atoms with Crippen LogP contribution in [0.3, 0.4) is 0 Å². The normalized spacial score (nSPS) is 18.3. The topological polar surface area (TPSA) is 68.2 Å². The molecular weight excluding hydrogens is 248 g/mol. The van der Waals surface area contributed by atoms with E-state index in [1.807, 2.05) is 27.7 Å². The van der Waals surface area contributed by atoms with Crippen LogP contribution in [0.25, 0.3) is 0 Å². The summed E-state index contributed by atoms with van der Waals surface area (Å²) < 4.78 is 15.9. The first-order valence-corrected chi connectivity index (χ1v) is 6.94. The summed E-state index contributed by atoms with van der Waals surface area (Å²) in [4.78, 5) is 0. The fourth-order valence-corrected chi connectivity index (χ4v) is 1.51. The van der Waals surface area contributed by atoms with Crippen LogP contribution in [0.2, 0.25) is 0 Å². The van der Waals surface area contributed by atoms with Crippen LogP contribution in [0.1, 0.15) is 40.5 Å². The molecule has 0 aromatic carbocycles. The van der Waals surface area contributed by atoms with Crippen molar-refractivity contribution in [2.75, 3.05) is 33.5 Å². The maximum atomic E-state index is 10.3. The Morgan fingerprint density at radius 1 is 0.895 bits per heavy atom. The van der Waals surface area contributed by atoms with E-state index in [1.165, 1.54) is 0 Å². The van der Waals surface area contributed by atoms with Gasteiger partial charge in [-0.25, -0.2) is 0 Å². The maximum absolute atomic E-state index is 10.3. The van der Waals surface area contributed by atoms with Gasteiger partial charge in [-0.2, -0.15) is 0 Å². The molecule has 2 N–H and O–H groups in total. The van der Waals surface area contributed by atoms with Crippen molar-refractivity contribution >= 4 is 0 Å². The SMILES string of the molecule is CCC(O)(COC)COCC(O)(CC)COC(C)C. The highest BCUT2D eigenvalue weighted by Crippen LogP contribution is 2.16. The molecule has 0 saturated carbocycles. The van der Waals surface area contributed by atoms with Crippen molar-refractivity contribution in [2.24, 2.45) is 0 Å². The van der Waals surface area contributed by atoms with E-state index in [0.717, 1.165) is 0 Å². The largest absolute Gasteiger partial charge is 0.385 e. The minimum Gasteiger partial charge on any atom is -0.385 e. The summed E-state index contributed by atoms with van der Waals surface area (Å²) >= 11 is 0. The first-order chi connectivity index (χ1) is 8.81. The minimum absolute atomic E-state index is 0.0686. The summed E-state index contributed by atoms with van der Waals surface area (Å²) in [6.45, 7) is 8.33. The molecule has 0 rings (SSSR count). The Morgan fingerprint density at radius 2 is 1.37 bits per heavy atom. The van der Waals surface area contributed by atoms with Crippen molar-refractivity contribution in [3.63, 3.8) is 0 Å². The van der Waals surface area contributed by atoms with Gasteiger partial charge >= 0.3 is 0 Å². The Kier molecular flexibility index (Phi) is 8.78. The lowest BCUT2D eigenvalue weighted by Gasteiger charge is -2.30. The molecule has 0 bridgehead atoms. The lowest BCUT2D eigenvalue weighted by atomic mass is 10.0. The van der Waals surface area contributed by atoms with Crippen molar-refractivity contribution in [1.82, 2.24) is 0 Å². The highest BCUT2D eigenvalue weighted by Gasteiger charge is 2.30. The molecule has 0 amide bonds. The second-order valence-corrected chi connectivity index (χ2v) is 5.44. The molecule has 0 spiro atoms. The third kappa shape index (κ3) is 7.84. The summed E-state index contributed by atoms with van der Waals surface area (Å²) in [5.41, 5.74) is -2.01. The molecule has 0 aliphatic heterocycles. The molecule has 0 aliphatic carbocycles. The monoisotopic (exact) mass is 278 g/mol. The van der Waals surface area contributed by atoms with Gasteiger partial charge in [-0.15, -0.1) is 0 Å². The third-order valence-electron chi connectivity index (χ3n) is 3.16. The fraction of sp³-hybridized carbons (Fsp3) is 1.00. The Morgan fingerprint density at radius 3 is 1.74 bits per heavy atom. The molecule has 116 valence electrons. The third-order valence-corrected chi connectivity index (χ3v) is 3.16. The van der Waals surface area contributed by atoms with Crippen LogP contribution in [0.15, 0.2) is 0 Å². The molecule has 2 atom stereocenters. The molecule has 19 heavy (non-hydrogen) atoms. The zero-order valence-electron chi connectivity index (χ0n) is 12.9. The predicted octanol–water partition coefficient (Wildman–Crippen LogP) is 1.36. The van der Waals surface area contributed by atoms with Crippen molar-refractivity contribution in [2.45, 2.75) is 57.8 Å². The Hall–Kier alpha value is -0.200. The zero-order chi connectivity index (χ0) is 14.9. The van der Waals surface area contributed by atoms with Crippen LogP contribution in [0.4, 0.5) is 0 Å². The molecular formula is C14H30O5. The van der Waals surface area contributed by atoms with Crippen molar-refractivity contribution in [3.8, 4) is 0 Å². The Bertz CT molecular complexity index is 234. The maximum Gasteiger partial charge on any atom is 0.111 e. The number of ether oxygens (including phenoxy) is 3. The van der Waals surface area contributed by atoms with Crippen LogP contribution in [0.5, 0.6) is 0 Å². The van der Waals surface area contributed by atoms with Crippen LogP contribution in [-0.4, -0.2) is 61.1 Å². The van der Waals surface area contributed by atoms with Crippen molar-refractivity contribution in [3.05, 3.63) is 0 Å². The van der Waals surface area contributed by atoms with Gasteiger partial charge in [0.2, 0.25) is 0 Å². The van der Waals surface area contributed by atoms with Crippen LogP contribution >= 0.6 is 0 Å². The highest BCUT2D eigenvalue weighted by molar-refractivity contribution is 4.79. The predicted molar refractivity (Wildman–Crippen MR) is 74.3 cm³/mol. The zero-order valence-corrected chi connectivity index (χ0v) is 12.9. The first kappa shape index (κ1) is 18.8. The van der Waals surface area contributed by atoms with Gasteiger partial charge in [0.25, 0.3) is 0 Å². The standard InChI is InChI=1S/C14H30O5/c1-6-13(15,8-17-5)9-18-10-14(16,7-2)11-19-12(3)4/h12,15-16H,6-11H2,1-5H3. The van der Waals surface area contributed by atoms with E-state index < -0.39 is 11.2 Å². The smallest absolute Gasteiger partial charge is 0.111 e.